The van der Waals surface area contributed by atoms with Gasteiger partial charge >= 0.3 is 0 Å². The van der Waals surface area contributed by atoms with E-state index in [1.165, 1.54) is 6.42 Å². The maximum absolute atomic E-state index is 11.8. The molecule has 4 nitrogen and oxygen atoms in total. The molecule has 1 N–H and O–H groups in total. The van der Waals surface area contributed by atoms with Gasteiger partial charge in [-0.3, -0.25) is 9.59 Å². The SMILES string of the molecule is CC(C)(C)CCCNc1c(N2CCCCC2)c(=O)c1=O. The molecule has 1 fully saturated rings. The third kappa shape index (κ3) is 3.41. The summed E-state index contributed by atoms with van der Waals surface area (Å²) in [4.78, 5) is 25.6. The van der Waals surface area contributed by atoms with Gasteiger partial charge in [0.2, 0.25) is 0 Å². The predicted molar refractivity (Wildman–Crippen MR) is 84.6 cm³/mol. The van der Waals surface area contributed by atoms with Crippen LogP contribution in [0.1, 0.15) is 52.9 Å². The maximum atomic E-state index is 11.8. The number of rotatable bonds is 5. The summed E-state index contributed by atoms with van der Waals surface area (Å²) in [5.74, 6) is 0. The van der Waals surface area contributed by atoms with Crippen molar-refractivity contribution in [3.63, 3.8) is 0 Å². The van der Waals surface area contributed by atoms with Crippen LogP contribution in [0.3, 0.4) is 0 Å². The topological polar surface area (TPSA) is 49.4 Å². The van der Waals surface area contributed by atoms with Crippen LogP contribution in [-0.4, -0.2) is 19.6 Å². The molecule has 20 heavy (non-hydrogen) atoms. The highest BCUT2D eigenvalue weighted by atomic mass is 16.2. The predicted octanol–water partition coefficient (Wildman–Crippen LogP) is 2.51. The summed E-state index contributed by atoms with van der Waals surface area (Å²) in [6.45, 7) is 9.21. The van der Waals surface area contributed by atoms with Crippen molar-refractivity contribution < 1.29 is 0 Å². The summed E-state index contributed by atoms with van der Waals surface area (Å²) < 4.78 is 0. The van der Waals surface area contributed by atoms with Crippen LogP contribution in [0, 0.1) is 5.41 Å². The molecule has 1 aromatic carbocycles. The fraction of sp³-hybridized carbons (Fsp3) is 0.750. The molecule has 0 atom stereocenters. The summed E-state index contributed by atoms with van der Waals surface area (Å²) in [6.07, 6.45) is 5.57. The van der Waals surface area contributed by atoms with E-state index in [0.29, 0.717) is 16.8 Å². The van der Waals surface area contributed by atoms with Crippen LogP contribution in [0.5, 0.6) is 0 Å². The van der Waals surface area contributed by atoms with Crippen molar-refractivity contribution in [3.8, 4) is 0 Å². The Labute approximate surface area is 120 Å². The van der Waals surface area contributed by atoms with E-state index in [2.05, 4.69) is 31.0 Å². The minimum atomic E-state index is -0.332. The largest absolute Gasteiger partial charge is 0.380 e. The molecule has 0 unspecified atom stereocenters. The lowest BCUT2D eigenvalue weighted by molar-refractivity contribution is 0.370. The number of nitrogens with zero attached hydrogens (tertiary/aromatic N) is 1. The first-order valence-electron chi connectivity index (χ1n) is 7.72. The Bertz CT molecular complexity index is 515. The van der Waals surface area contributed by atoms with Crippen LogP contribution in [0.4, 0.5) is 11.4 Å². The first-order valence-corrected chi connectivity index (χ1v) is 7.72. The molecule has 1 aliphatic heterocycles. The van der Waals surface area contributed by atoms with Crippen molar-refractivity contribution in [1.82, 2.24) is 0 Å². The zero-order chi connectivity index (χ0) is 14.8. The fourth-order valence-corrected chi connectivity index (χ4v) is 2.79. The molecule has 2 rings (SSSR count). The average molecular weight is 278 g/mol. The Morgan fingerprint density at radius 3 is 2.30 bits per heavy atom. The highest BCUT2D eigenvalue weighted by molar-refractivity contribution is 5.75. The molecule has 1 aliphatic rings. The van der Waals surface area contributed by atoms with Gasteiger partial charge in [-0.25, -0.2) is 0 Å². The summed E-state index contributed by atoms with van der Waals surface area (Å²) in [5.41, 5.74) is 0.883. The zero-order valence-corrected chi connectivity index (χ0v) is 12.9. The summed E-state index contributed by atoms with van der Waals surface area (Å²) in [6, 6.07) is 0. The third-order valence-corrected chi connectivity index (χ3v) is 3.96. The van der Waals surface area contributed by atoms with Crippen LogP contribution >= 0.6 is 0 Å². The molecule has 1 aromatic rings. The molecule has 1 saturated heterocycles. The second-order valence-corrected chi connectivity index (χ2v) is 7.02. The van der Waals surface area contributed by atoms with Gasteiger partial charge in [0.25, 0.3) is 10.9 Å². The van der Waals surface area contributed by atoms with Gasteiger partial charge in [-0.1, -0.05) is 20.8 Å². The second-order valence-electron chi connectivity index (χ2n) is 7.02. The number of piperidine rings is 1. The Morgan fingerprint density at radius 1 is 1.05 bits per heavy atom. The van der Waals surface area contributed by atoms with E-state index < -0.39 is 0 Å². The molecule has 0 radical (unpaired) electrons. The molecule has 0 amide bonds. The molecule has 0 bridgehead atoms. The second kappa shape index (κ2) is 5.98. The van der Waals surface area contributed by atoms with Crippen molar-refractivity contribution in [2.75, 3.05) is 29.9 Å². The van der Waals surface area contributed by atoms with Gasteiger partial charge in [-0.15, -0.1) is 0 Å². The smallest absolute Gasteiger partial charge is 0.253 e. The van der Waals surface area contributed by atoms with E-state index in [4.69, 9.17) is 0 Å². The number of nitrogens with one attached hydrogen (secondary N) is 1. The molecule has 112 valence electrons. The van der Waals surface area contributed by atoms with Crippen molar-refractivity contribution in [2.24, 2.45) is 5.41 Å². The van der Waals surface area contributed by atoms with Crippen LogP contribution in [0.2, 0.25) is 0 Å². The van der Waals surface area contributed by atoms with Gasteiger partial charge in [0.05, 0.1) is 0 Å². The van der Waals surface area contributed by atoms with Gasteiger partial charge in [-0.2, -0.15) is 0 Å². The lowest BCUT2D eigenvalue weighted by atomic mass is 9.90. The molecule has 0 spiro atoms. The standard InChI is InChI=1S/C16H26N2O2/c1-16(2,3)8-7-9-17-12-13(15(20)14(12)19)18-10-5-4-6-11-18/h17H,4-11H2,1-3H3. The van der Waals surface area contributed by atoms with Gasteiger partial charge in [0.1, 0.15) is 11.4 Å². The van der Waals surface area contributed by atoms with Crippen LogP contribution < -0.4 is 21.1 Å². The van der Waals surface area contributed by atoms with E-state index in [1.807, 2.05) is 0 Å². The van der Waals surface area contributed by atoms with Crippen molar-refractivity contribution >= 4 is 11.4 Å². The summed E-state index contributed by atoms with van der Waals surface area (Å²) in [5, 5.41) is 3.19. The Morgan fingerprint density at radius 2 is 1.70 bits per heavy atom. The Kier molecular flexibility index (Phi) is 4.51. The molecule has 0 aliphatic carbocycles. The highest BCUT2D eigenvalue weighted by Gasteiger charge is 2.26. The molecule has 4 heteroatoms. The fourth-order valence-electron chi connectivity index (χ4n) is 2.79. The van der Waals surface area contributed by atoms with Crippen molar-refractivity contribution in [2.45, 2.75) is 52.9 Å². The number of hydrogen-bond acceptors (Lipinski definition) is 4. The average Bonchev–Trinajstić information content (AvgIpc) is 2.41. The van der Waals surface area contributed by atoms with Crippen molar-refractivity contribution in [3.05, 3.63) is 20.4 Å². The van der Waals surface area contributed by atoms with Gasteiger partial charge in [0, 0.05) is 19.6 Å². The number of anilines is 2. The Balaban J connectivity index is 1.93. The Hall–Kier alpha value is -1.32. The van der Waals surface area contributed by atoms with E-state index in [1.54, 1.807) is 0 Å². The highest BCUT2D eigenvalue weighted by Crippen LogP contribution is 2.25. The summed E-state index contributed by atoms with van der Waals surface area (Å²) >= 11 is 0. The van der Waals surface area contributed by atoms with Crippen molar-refractivity contribution in [1.29, 1.82) is 0 Å². The van der Waals surface area contributed by atoms with E-state index >= 15 is 0 Å². The number of hydrogen-bond donors (Lipinski definition) is 1. The summed E-state index contributed by atoms with van der Waals surface area (Å²) in [7, 11) is 0. The lowest BCUT2D eigenvalue weighted by Crippen LogP contribution is -2.44. The first kappa shape index (κ1) is 15.1. The van der Waals surface area contributed by atoms with Crippen LogP contribution in [0.25, 0.3) is 0 Å². The lowest BCUT2D eigenvalue weighted by Gasteiger charge is -2.31. The minimum absolute atomic E-state index is 0.301. The van der Waals surface area contributed by atoms with Gasteiger partial charge in [0.15, 0.2) is 0 Å². The molecule has 0 aromatic heterocycles. The zero-order valence-electron chi connectivity index (χ0n) is 12.9. The molecule has 1 heterocycles. The molecular weight excluding hydrogens is 252 g/mol. The van der Waals surface area contributed by atoms with Gasteiger partial charge in [-0.05, 0) is 37.5 Å². The normalized spacial score (nSPS) is 16.6. The first-order chi connectivity index (χ1) is 9.40. The minimum Gasteiger partial charge on any atom is -0.380 e. The van der Waals surface area contributed by atoms with Crippen LogP contribution in [-0.2, 0) is 0 Å². The van der Waals surface area contributed by atoms with E-state index in [-0.39, 0.29) is 10.9 Å². The van der Waals surface area contributed by atoms with E-state index in [9.17, 15) is 9.59 Å². The monoisotopic (exact) mass is 278 g/mol. The quantitative estimate of drug-likeness (QED) is 0.664. The molecular formula is C16H26N2O2. The van der Waals surface area contributed by atoms with E-state index in [0.717, 1.165) is 45.3 Å². The van der Waals surface area contributed by atoms with Gasteiger partial charge < -0.3 is 10.2 Å². The maximum Gasteiger partial charge on any atom is 0.253 e. The third-order valence-electron chi connectivity index (χ3n) is 3.96. The molecule has 0 saturated carbocycles. The van der Waals surface area contributed by atoms with Crippen LogP contribution in [0.15, 0.2) is 9.59 Å².